The van der Waals surface area contributed by atoms with Crippen LogP contribution < -0.4 is 5.32 Å². The van der Waals surface area contributed by atoms with Crippen molar-refractivity contribution in [1.82, 2.24) is 5.32 Å². The van der Waals surface area contributed by atoms with Gasteiger partial charge in [-0.25, -0.2) is 4.79 Å². The highest BCUT2D eigenvalue weighted by Crippen LogP contribution is 2.34. The van der Waals surface area contributed by atoms with Crippen LogP contribution in [0.4, 0.5) is 13.2 Å². The Kier molecular flexibility index (Phi) is 6.19. The molecule has 0 fully saturated rings. The van der Waals surface area contributed by atoms with Gasteiger partial charge in [-0.3, -0.25) is 4.79 Å². The zero-order valence-corrected chi connectivity index (χ0v) is 12.3. The van der Waals surface area contributed by atoms with Gasteiger partial charge in [0.2, 0.25) is 5.91 Å². The summed E-state index contributed by atoms with van der Waals surface area (Å²) in [5.41, 5.74) is 0.235. The van der Waals surface area contributed by atoms with Crippen LogP contribution in [-0.2, 0) is 20.5 Å². The first-order valence-corrected chi connectivity index (χ1v) is 6.81. The molecule has 0 aliphatic carbocycles. The van der Waals surface area contributed by atoms with Crippen molar-refractivity contribution in [3.63, 3.8) is 0 Å². The number of alkyl halides is 3. The third-order valence-corrected chi connectivity index (χ3v) is 3.44. The van der Waals surface area contributed by atoms with Gasteiger partial charge in [-0.2, -0.15) is 13.2 Å². The molecule has 1 atom stereocenters. The third kappa shape index (κ3) is 5.26. The number of hydrogen-bond acceptors (Lipinski definition) is 4. The molecule has 1 unspecified atom stereocenters. The number of rotatable bonds is 5. The van der Waals surface area contributed by atoms with Crippen LogP contribution in [0.25, 0.3) is 6.08 Å². The van der Waals surface area contributed by atoms with E-state index in [1.54, 1.807) is 0 Å². The highest BCUT2D eigenvalue weighted by Gasteiger charge is 2.32. The summed E-state index contributed by atoms with van der Waals surface area (Å²) in [7, 11) is 1.15. The maximum absolute atomic E-state index is 12.4. The molecule has 1 rings (SSSR count). The molecule has 0 saturated carbocycles. The minimum atomic E-state index is -4.41. The predicted molar refractivity (Wildman–Crippen MR) is 75.8 cm³/mol. The van der Waals surface area contributed by atoms with Crippen molar-refractivity contribution in [2.24, 2.45) is 0 Å². The first-order chi connectivity index (χ1) is 10.3. The molecule has 0 aliphatic heterocycles. The molecule has 0 radical (unpaired) electrons. The molecule has 1 aromatic rings. The number of ether oxygens (including phenoxy) is 1. The molecule has 0 aromatic carbocycles. The Morgan fingerprint density at radius 3 is 2.73 bits per heavy atom. The van der Waals surface area contributed by atoms with E-state index in [-0.39, 0.29) is 12.0 Å². The van der Waals surface area contributed by atoms with E-state index in [0.717, 1.165) is 19.3 Å². The number of thiophene rings is 1. The van der Waals surface area contributed by atoms with E-state index in [9.17, 15) is 22.8 Å². The van der Waals surface area contributed by atoms with E-state index in [2.05, 4.69) is 16.0 Å². The number of halogens is 3. The standard InChI is InChI=1S/C14H12F3NO3S/c1-3-4-10(13(20)21-2)18-12(19)6-5-9-7-11(22-8-9)14(15,16)17/h1,5-8,10H,4H2,2H3,(H,18,19)/b6-5+. The third-order valence-electron chi connectivity index (χ3n) is 2.45. The fourth-order valence-electron chi connectivity index (χ4n) is 1.43. The van der Waals surface area contributed by atoms with Crippen LogP contribution in [0.3, 0.4) is 0 Å². The number of nitrogens with one attached hydrogen (secondary N) is 1. The first kappa shape index (κ1) is 17.8. The van der Waals surface area contributed by atoms with Crippen molar-refractivity contribution in [2.45, 2.75) is 18.6 Å². The van der Waals surface area contributed by atoms with Gasteiger partial charge in [-0.1, -0.05) is 0 Å². The molecule has 118 valence electrons. The van der Waals surface area contributed by atoms with Crippen molar-refractivity contribution < 1.29 is 27.5 Å². The van der Waals surface area contributed by atoms with Gasteiger partial charge in [0.25, 0.3) is 0 Å². The summed E-state index contributed by atoms with van der Waals surface area (Å²) in [5, 5.41) is 3.58. The highest BCUT2D eigenvalue weighted by molar-refractivity contribution is 7.10. The summed E-state index contributed by atoms with van der Waals surface area (Å²) >= 11 is 0.530. The second-order valence-electron chi connectivity index (χ2n) is 4.07. The number of terminal acetylenes is 1. The number of carbonyl (C=O) groups is 2. The fraction of sp³-hybridized carbons (Fsp3) is 0.286. The number of methoxy groups -OCH3 is 1. The Morgan fingerprint density at radius 1 is 1.55 bits per heavy atom. The quantitative estimate of drug-likeness (QED) is 0.512. The minimum Gasteiger partial charge on any atom is -0.467 e. The molecular formula is C14H12F3NO3S. The Hall–Kier alpha value is -2.27. The molecule has 4 nitrogen and oxygen atoms in total. The summed E-state index contributed by atoms with van der Waals surface area (Å²) in [6, 6.07) is -0.0754. The number of esters is 1. The van der Waals surface area contributed by atoms with Gasteiger partial charge in [0.05, 0.1) is 7.11 Å². The van der Waals surface area contributed by atoms with E-state index < -0.39 is 29.0 Å². The lowest BCUT2D eigenvalue weighted by molar-refractivity contribution is -0.144. The lowest BCUT2D eigenvalue weighted by atomic mass is 10.2. The smallest absolute Gasteiger partial charge is 0.425 e. The first-order valence-electron chi connectivity index (χ1n) is 5.93. The Morgan fingerprint density at radius 2 is 2.23 bits per heavy atom. The SMILES string of the molecule is C#CCC(NC(=O)/C=C/c1csc(C(F)(F)F)c1)C(=O)OC. The maximum atomic E-state index is 12.4. The molecule has 1 heterocycles. The summed E-state index contributed by atoms with van der Waals surface area (Å²) in [5.74, 6) is 0.858. The van der Waals surface area contributed by atoms with Gasteiger partial charge in [0.15, 0.2) is 0 Å². The Balaban J connectivity index is 2.69. The second-order valence-corrected chi connectivity index (χ2v) is 4.98. The average Bonchev–Trinajstić information content (AvgIpc) is 2.93. The zero-order chi connectivity index (χ0) is 16.8. The summed E-state index contributed by atoms with van der Waals surface area (Å²) in [4.78, 5) is 22.2. The molecular weight excluding hydrogens is 319 g/mol. The van der Waals surface area contributed by atoms with Crippen molar-refractivity contribution in [1.29, 1.82) is 0 Å². The van der Waals surface area contributed by atoms with Crippen LogP contribution in [0.15, 0.2) is 17.5 Å². The van der Waals surface area contributed by atoms with Crippen molar-refractivity contribution in [3.05, 3.63) is 28.0 Å². The largest absolute Gasteiger partial charge is 0.467 e. The van der Waals surface area contributed by atoms with Crippen LogP contribution in [0.5, 0.6) is 0 Å². The minimum absolute atomic E-state index is 0.0527. The van der Waals surface area contributed by atoms with Gasteiger partial charge >= 0.3 is 12.1 Å². The number of hydrogen-bond donors (Lipinski definition) is 1. The second kappa shape index (κ2) is 7.66. The number of amides is 1. The van der Waals surface area contributed by atoms with Crippen LogP contribution in [0.2, 0.25) is 0 Å². The van der Waals surface area contributed by atoms with Gasteiger partial charge in [0.1, 0.15) is 10.9 Å². The van der Waals surface area contributed by atoms with E-state index >= 15 is 0 Å². The lowest BCUT2D eigenvalue weighted by Crippen LogP contribution is -2.40. The van der Waals surface area contributed by atoms with Crippen molar-refractivity contribution >= 4 is 29.3 Å². The molecule has 0 bridgehead atoms. The van der Waals surface area contributed by atoms with Gasteiger partial charge in [-0.05, 0) is 23.1 Å². The molecule has 1 amide bonds. The molecule has 8 heteroatoms. The highest BCUT2D eigenvalue weighted by atomic mass is 32.1. The molecule has 0 saturated heterocycles. The average molecular weight is 331 g/mol. The fourth-order valence-corrected chi connectivity index (χ4v) is 2.18. The monoisotopic (exact) mass is 331 g/mol. The van der Waals surface area contributed by atoms with Gasteiger partial charge in [0, 0.05) is 12.5 Å². The van der Waals surface area contributed by atoms with Gasteiger partial charge in [-0.15, -0.1) is 23.7 Å². The van der Waals surface area contributed by atoms with Crippen LogP contribution in [0.1, 0.15) is 16.9 Å². The molecule has 1 N–H and O–H groups in total. The van der Waals surface area contributed by atoms with Crippen LogP contribution in [0, 0.1) is 12.3 Å². The molecule has 1 aromatic heterocycles. The van der Waals surface area contributed by atoms with Crippen molar-refractivity contribution in [3.8, 4) is 12.3 Å². The molecule has 22 heavy (non-hydrogen) atoms. The van der Waals surface area contributed by atoms with Gasteiger partial charge < -0.3 is 10.1 Å². The summed E-state index contributed by atoms with van der Waals surface area (Å²) in [6.07, 6.45) is 2.84. The zero-order valence-electron chi connectivity index (χ0n) is 11.4. The van der Waals surface area contributed by atoms with E-state index in [1.165, 1.54) is 11.5 Å². The Bertz CT molecular complexity index is 614. The predicted octanol–water partition coefficient (Wildman–Crippen LogP) is 2.46. The van der Waals surface area contributed by atoms with E-state index in [4.69, 9.17) is 6.42 Å². The topological polar surface area (TPSA) is 55.4 Å². The lowest BCUT2D eigenvalue weighted by Gasteiger charge is -2.12. The maximum Gasteiger partial charge on any atom is 0.425 e. The normalized spacial score (nSPS) is 12.7. The molecule has 0 spiro atoms. The Labute approximate surface area is 129 Å². The van der Waals surface area contributed by atoms with E-state index in [1.807, 2.05) is 0 Å². The van der Waals surface area contributed by atoms with Crippen LogP contribution >= 0.6 is 11.3 Å². The number of carbonyl (C=O) groups excluding carboxylic acids is 2. The summed E-state index contributed by atoms with van der Waals surface area (Å²) in [6.45, 7) is 0. The molecule has 0 aliphatic rings. The van der Waals surface area contributed by atoms with Crippen molar-refractivity contribution in [2.75, 3.05) is 7.11 Å². The van der Waals surface area contributed by atoms with E-state index in [0.29, 0.717) is 11.3 Å². The summed E-state index contributed by atoms with van der Waals surface area (Å²) < 4.78 is 41.7. The van der Waals surface area contributed by atoms with Crippen LogP contribution in [-0.4, -0.2) is 25.0 Å².